The molecule has 0 spiro atoms. The van der Waals surface area contributed by atoms with E-state index in [0.717, 1.165) is 16.5 Å². The van der Waals surface area contributed by atoms with Crippen molar-refractivity contribution in [2.24, 2.45) is 7.05 Å². The highest BCUT2D eigenvalue weighted by molar-refractivity contribution is 7.99. The van der Waals surface area contributed by atoms with Gasteiger partial charge in [0.1, 0.15) is 11.3 Å². The van der Waals surface area contributed by atoms with Gasteiger partial charge < -0.3 is 15.4 Å². The number of pyridine rings is 1. The van der Waals surface area contributed by atoms with Gasteiger partial charge in [-0.25, -0.2) is 4.68 Å². The van der Waals surface area contributed by atoms with E-state index >= 15 is 0 Å². The van der Waals surface area contributed by atoms with Crippen LogP contribution in [0.15, 0.2) is 46.5 Å². The van der Waals surface area contributed by atoms with Crippen molar-refractivity contribution in [3.63, 3.8) is 0 Å². The van der Waals surface area contributed by atoms with Crippen molar-refractivity contribution in [1.82, 2.24) is 30.5 Å². The predicted octanol–water partition coefficient (Wildman–Crippen LogP) is 2.20. The lowest BCUT2D eigenvalue weighted by molar-refractivity contribution is 0.0938. The number of hydrogen-bond donors (Lipinski definition) is 3. The van der Waals surface area contributed by atoms with Crippen LogP contribution in [0.1, 0.15) is 41.5 Å². The number of thioether (sulfide) groups is 1. The van der Waals surface area contributed by atoms with Crippen molar-refractivity contribution in [3.8, 4) is 5.75 Å². The molecule has 0 fully saturated rings. The molecule has 154 valence electrons. The second kappa shape index (κ2) is 10.4. The van der Waals surface area contributed by atoms with E-state index in [1.807, 2.05) is 14.0 Å². The van der Waals surface area contributed by atoms with E-state index in [4.69, 9.17) is 0 Å². The molecule has 1 atom stereocenters. The number of H-pyrrole nitrogens is 1. The van der Waals surface area contributed by atoms with Crippen LogP contribution in [0.3, 0.4) is 0 Å². The third kappa shape index (κ3) is 6.46. The van der Waals surface area contributed by atoms with Gasteiger partial charge in [0.15, 0.2) is 5.43 Å². The number of benzene rings is 1. The summed E-state index contributed by atoms with van der Waals surface area (Å²) in [6.45, 7) is 5.63. The van der Waals surface area contributed by atoms with E-state index in [9.17, 15) is 14.7 Å². The number of hydrogen-bond acceptors (Lipinski definition) is 7. The number of carbonyl (C=O) groups excluding carboxylic acids is 1. The maximum absolute atomic E-state index is 12.0. The Bertz CT molecular complexity index is 1000. The van der Waals surface area contributed by atoms with Gasteiger partial charge in [0.2, 0.25) is 5.16 Å². The highest BCUT2D eigenvalue weighted by Crippen LogP contribution is 2.16. The van der Waals surface area contributed by atoms with E-state index in [-0.39, 0.29) is 22.8 Å². The Kier molecular flexibility index (Phi) is 7.96. The highest BCUT2D eigenvalue weighted by atomic mass is 32.2. The normalized spacial score (nSPS) is 11.3. The summed E-state index contributed by atoms with van der Waals surface area (Å²) in [4.78, 5) is 26.6. The number of phenolic OH excluding ortho intramolecular Hbond substituents is 1. The van der Waals surface area contributed by atoms with Crippen LogP contribution in [0.2, 0.25) is 0 Å². The molecule has 2 heterocycles. The Morgan fingerprint density at radius 1 is 1.34 bits per heavy atom. The number of nitrogens with zero attached hydrogens (tertiary/aromatic N) is 4. The second-order valence-corrected chi connectivity index (χ2v) is 7.43. The van der Waals surface area contributed by atoms with E-state index in [1.165, 1.54) is 12.3 Å². The van der Waals surface area contributed by atoms with Crippen LogP contribution in [0.25, 0.3) is 0 Å². The Hall–Kier alpha value is -3.14. The molecule has 29 heavy (non-hydrogen) atoms. The molecule has 0 aliphatic heterocycles. The van der Waals surface area contributed by atoms with Crippen LogP contribution in [0.4, 0.5) is 0 Å². The highest BCUT2D eigenvalue weighted by Gasteiger charge is 2.14. The van der Waals surface area contributed by atoms with Gasteiger partial charge in [-0.2, -0.15) is 0 Å². The van der Waals surface area contributed by atoms with Crippen LogP contribution < -0.4 is 10.7 Å². The molecular formula is C19H24N6O3S. The molecule has 0 saturated carbocycles. The zero-order valence-corrected chi connectivity index (χ0v) is 17.5. The van der Waals surface area contributed by atoms with E-state index < -0.39 is 5.91 Å². The van der Waals surface area contributed by atoms with Crippen molar-refractivity contribution >= 4 is 17.7 Å². The molecule has 0 radical (unpaired) electrons. The summed E-state index contributed by atoms with van der Waals surface area (Å²) < 4.78 is 1.66. The molecule has 0 saturated heterocycles. The minimum atomic E-state index is -0.424. The summed E-state index contributed by atoms with van der Waals surface area (Å²) in [5, 5.41) is 23.8. The lowest BCUT2D eigenvalue weighted by Crippen LogP contribution is -2.30. The van der Waals surface area contributed by atoms with Gasteiger partial charge in [-0.05, 0) is 47.7 Å². The summed E-state index contributed by atoms with van der Waals surface area (Å²) in [5.74, 6) is 0.753. The molecule has 0 bridgehead atoms. The van der Waals surface area contributed by atoms with Gasteiger partial charge in [0.05, 0.1) is 6.04 Å². The molecule has 0 aliphatic rings. The molecule has 10 heteroatoms. The van der Waals surface area contributed by atoms with Crippen LogP contribution >= 0.6 is 11.8 Å². The zero-order valence-electron chi connectivity index (χ0n) is 16.7. The average Bonchev–Trinajstić information content (AvgIpc) is 3.08. The molecule has 3 N–H and O–H groups in total. The van der Waals surface area contributed by atoms with E-state index in [0.29, 0.717) is 5.69 Å². The molecule has 1 unspecified atom stereocenters. The third-order valence-corrected chi connectivity index (χ3v) is 4.79. The first-order valence-corrected chi connectivity index (χ1v) is 9.94. The number of nitrogens with one attached hydrogen (secondary N) is 2. The number of aryl methyl sites for hydroxylation is 2. The Morgan fingerprint density at radius 2 is 2.03 bits per heavy atom. The van der Waals surface area contributed by atoms with Crippen LogP contribution in [0, 0.1) is 6.92 Å². The lowest BCUT2D eigenvalue weighted by atomic mass is 10.1. The monoisotopic (exact) mass is 416 g/mol. The maximum atomic E-state index is 12.0. The van der Waals surface area contributed by atoms with Gasteiger partial charge in [-0.3, -0.25) is 9.59 Å². The number of aromatic amines is 1. The number of phenols is 1. The number of aromatic hydroxyl groups is 1. The van der Waals surface area contributed by atoms with E-state index in [2.05, 4.69) is 32.7 Å². The van der Waals surface area contributed by atoms with Gasteiger partial charge in [0, 0.05) is 25.0 Å². The minimum Gasteiger partial charge on any atom is -0.508 e. The summed E-state index contributed by atoms with van der Waals surface area (Å²) in [7, 11) is 1.83. The lowest BCUT2D eigenvalue weighted by Gasteiger charge is -2.14. The van der Waals surface area contributed by atoms with Crippen molar-refractivity contribution in [3.05, 3.63) is 63.6 Å². The van der Waals surface area contributed by atoms with Crippen LogP contribution in [0.5, 0.6) is 5.75 Å². The Labute approximate surface area is 172 Å². The number of rotatable bonds is 5. The van der Waals surface area contributed by atoms with Crippen molar-refractivity contribution in [2.75, 3.05) is 5.75 Å². The topological polar surface area (TPSA) is 126 Å². The fourth-order valence-electron chi connectivity index (χ4n) is 2.34. The summed E-state index contributed by atoms with van der Waals surface area (Å²) >= 11 is 1.64. The quantitative estimate of drug-likeness (QED) is 0.544. The van der Waals surface area contributed by atoms with Crippen molar-refractivity contribution in [2.45, 2.75) is 32.0 Å². The first kappa shape index (κ1) is 22.2. The van der Waals surface area contributed by atoms with Crippen molar-refractivity contribution < 1.29 is 9.90 Å². The number of amides is 1. The molecule has 3 rings (SSSR count). The maximum Gasteiger partial charge on any atom is 0.257 e. The third-order valence-electron chi connectivity index (χ3n) is 3.90. The minimum absolute atomic E-state index is 0.0845. The standard InChI is InChI=1S/C15H16N2O3.C4H8N4S/c1-9-7-14(19)13(8-16-9)15(20)17-10(2)11-3-5-12(18)6-4-11;1-3-9-4-5-6-7-8(4)2/h3-8,10,18H,1-2H3,(H,16,19)(H,17,20);3H2,1-2H3. The Balaban J connectivity index is 0.000000278. The van der Waals surface area contributed by atoms with Gasteiger partial charge in [-0.15, -0.1) is 5.10 Å². The first-order chi connectivity index (χ1) is 13.8. The molecule has 9 nitrogen and oxygen atoms in total. The van der Waals surface area contributed by atoms with E-state index in [1.54, 1.807) is 47.6 Å². The second-order valence-electron chi connectivity index (χ2n) is 6.20. The molecule has 1 amide bonds. The fraction of sp³-hybridized carbons (Fsp3) is 0.316. The van der Waals surface area contributed by atoms with Gasteiger partial charge in [0.25, 0.3) is 5.91 Å². The zero-order chi connectivity index (χ0) is 21.4. The largest absolute Gasteiger partial charge is 0.508 e. The number of aromatic nitrogens is 5. The molecular weight excluding hydrogens is 392 g/mol. The smallest absolute Gasteiger partial charge is 0.257 e. The fourth-order valence-corrected chi connectivity index (χ4v) is 2.92. The molecule has 0 aliphatic carbocycles. The number of carbonyl (C=O) groups is 1. The molecule has 2 aromatic heterocycles. The van der Waals surface area contributed by atoms with Crippen LogP contribution in [-0.2, 0) is 7.05 Å². The first-order valence-electron chi connectivity index (χ1n) is 8.96. The average molecular weight is 417 g/mol. The van der Waals surface area contributed by atoms with Crippen molar-refractivity contribution in [1.29, 1.82) is 0 Å². The predicted molar refractivity (Wildman–Crippen MR) is 111 cm³/mol. The summed E-state index contributed by atoms with van der Waals surface area (Å²) in [5.41, 5.74) is 1.33. The Morgan fingerprint density at radius 3 is 2.59 bits per heavy atom. The van der Waals surface area contributed by atoms with Crippen LogP contribution in [-0.4, -0.2) is 42.0 Å². The summed E-state index contributed by atoms with van der Waals surface area (Å²) in [6, 6.07) is 7.68. The number of tetrazole rings is 1. The molecule has 1 aromatic carbocycles. The molecule has 3 aromatic rings. The summed E-state index contributed by atoms with van der Waals surface area (Å²) in [6.07, 6.45) is 1.41. The SMILES string of the molecule is CCSc1nnnn1C.Cc1cc(=O)c(C(=O)NC(C)c2ccc(O)cc2)c[nH]1. The van der Waals surface area contributed by atoms with Gasteiger partial charge in [-0.1, -0.05) is 30.8 Å². The van der Waals surface area contributed by atoms with Gasteiger partial charge >= 0.3 is 0 Å².